The number of hydrogen-bond donors (Lipinski definition) is 0. The number of unbranched alkanes of at least 4 members (excludes halogenated alkanes) is 4. The quantitative estimate of drug-likeness (QED) is 0.120. The monoisotopic (exact) mass is 548 g/mol. The lowest BCUT2D eigenvalue weighted by atomic mass is 9.83. The Morgan fingerprint density at radius 1 is 0.725 bits per heavy atom. The first-order valence-electron chi connectivity index (χ1n) is 14.8. The van der Waals surface area contributed by atoms with E-state index in [1.165, 1.54) is 0 Å². The molecule has 3 aromatic carbocycles. The third-order valence-electron chi connectivity index (χ3n) is 8.14. The summed E-state index contributed by atoms with van der Waals surface area (Å²) in [6, 6.07) is 13.0. The summed E-state index contributed by atoms with van der Waals surface area (Å²) in [6.45, 7) is 4.16. The zero-order valence-electron chi connectivity index (χ0n) is 23.7. The highest BCUT2D eigenvalue weighted by Crippen LogP contribution is 2.37. The molecule has 0 aromatic heterocycles. The largest absolute Gasteiger partial charge is 0.203 e. The van der Waals surface area contributed by atoms with E-state index in [1.54, 1.807) is 48.5 Å². The van der Waals surface area contributed by atoms with E-state index in [1.807, 2.05) is 6.92 Å². The second-order valence-corrected chi connectivity index (χ2v) is 10.9. The Morgan fingerprint density at radius 2 is 1.32 bits per heavy atom. The van der Waals surface area contributed by atoms with Gasteiger partial charge in [-0.3, -0.25) is 0 Å². The maximum absolute atomic E-state index is 15.2. The van der Waals surface area contributed by atoms with E-state index in [2.05, 4.69) is 25.2 Å². The molecule has 1 atom stereocenters. The fraction of sp³-hybridized carbons (Fsp3) is 0.389. The van der Waals surface area contributed by atoms with Gasteiger partial charge in [0.25, 0.3) is 0 Å². The lowest BCUT2D eigenvalue weighted by molar-refractivity contribution is 0.452. The summed E-state index contributed by atoms with van der Waals surface area (Å²) >= 11 is 0. The standard InChI is InChI=1S/C36H40F4/c1-3-5-7-8-10-12-29-21-22-30(34(38)33(29)37)27-17-19-28(20-18-27)32-24-23-31(35(39)36(32)40)26-15-13-25(14-16-26)11-9-6-4-2/h4,6,15,17-25H,3,5,7-14,16H2,1-2H3/b6-4+. The Bertz CT molecular complexity index is 1330. The molecule has 212 valence electrons. The molecule has 40 heavy (non-hydrogen) atoms. The van der Waals surface area contributed by atoms with Crippen LogP contribution in [0.1, 0.15) is 89.2 Å². The minimum Gasteiger partial charge on any atom is -0.203 e. The van der Waals surface area contributed by atoms with Gasteiger partial charge in [0.15, 0.2) is 23.3 Å². The molecule has 4 heteroatoms. The maximum atomic E-state index is 15.2. The SMILES string of the molecule is C/C=C/CCC1CC=C(c2ccc(-c3ccc(-c4ccc(CCCCCCC)c(F)c4F)cc3)c(F)c2F)CC1. The summed E-state index contributed by atoms with van der Waals surface area (Å²) in [7, 11) is 0. The molecule has 0 N–H and O–H groups in total. The number of allylic oxidation sites excluding steroid dienone is 4. The summed E-state index contributed by atoms with van der Waals surface area (Å²) in [6.07, 6.45) is 16.8. The number of aryl methyl sites for hydroxylation is 1. The van der Waals surface area contributed by atoms with Crippen molar-refractivity contribution in [2.75, 3.05) is 0 Å². The molecule has 0 nitrogen and oxygen atoms in total. The molecule has 1 unspecified atom stereocenters. The molecule has 1 aliphatic carbocycles. The van der Waals surface area contributed by atoms with Gasteiger partial charge in [0.05, 0.1) is 0 Å². The molecule has 0 fully saturated rings. The third-order valence-corrected chi connectivity index (χ3v) is 8.14. The first-order valence-corrected chi connectivity index (χ1v) is 14.8. The highest BCUT2D eigenvalue weighted by molar-refractivity contribution is 5.74. The maximum Gasteiger partial charge on any atom is 0.167 e. The average Bonchev–Trinajstić information content (AvgIpc) is 2.97. The van der Waals surface area contributed by atoms with Crippen LogP contribution in [0.5, 0.6) is 0 Å². The number of halogens is 4. The molecule has 0 spiro atoms. The van der Waals surface area contributed by atoms with Crippen molar-refractivity contribution in [1.82, 2.24) is 0 Å². The second-order valence-electron chi connectivity index (χ2n) is 10.9. The van der Waals surface area contributed by atoms with Gasteiger partial charge in [-0.05, 0) is 80.1 Å². The Balaban J connectivity index is 1.47. The highest BCUT2D eigenvalue weighted by Gasteiger charge is 2.21. The Morgan fingerprint density at radius 3 is 1.95 bits per heavy atom. The molecule has 0 saturated heterocycles. The van der Waals surface area contributed by atoms with Crippen molar-refractivity contribution < 1.29 is 17.6 Å². The van der Waals surface area contributed by atoms with Crippen molar-refractivity contribution in [3.05, 3.63) is 101 Å². The molecule has 1 aliphatic rings. The Kier molecular flexibility index (Phi) is 10.8. The molecule has 3 aromatic rings. The van der Waals surface area contributed by atoms with E-state index in [-0.39, 0.29) is 11.1 Å². The number of benzene rings is 3. The van der Waals surface area contributed by atoms with Gasteiger partial charge >= 0.3 is 0 Å². The van der Waals surface area contributed by atoms with Crippen molar-refractivity contribution >= 4 is 5.57 Å². The van der Waals surface area contributed by atoms with Crippen molar-refractivity contribution in [2.45, 2.75) is 84.5 Å². The summed E-state index contributed by atoms with van der Waals surface area (Å²) < 4.78 is 60.1. The Labute approximate surface area is 236 Å². The summed E-state index contributed by atoms with van der Waals surface area (Å²) in [5.41, 5.74) is 2.87. The summed E-state index contributed by atoms with van der Waals surface area (Å²) in [5, 5.41) is 0. The fourth-order valence-corrected chi connectivity index (χ4v) is 5.67. The topological polar surface area (TPSA) is 0 Å². The first-order chi connectivity index (χ1) is 19.4. The van der Waals surface area contributed by atoms with Crippen molar-refractivity contribution in [2.24, 2.45) is 5.92 Å². The number of hydrogen-bond acceptors (Lipinski definition) is 0. The first kappa shape index (κ1) is 29.8. The van der Waals surface area contributed by atoms with Gasteiger partial charge in [-0.2, -0.15) is 0 Å². The van der Waals surface area contributed by atoms with E-state index >= 15 is 8.78 Å². The normalized spacial score (nSPS) is 15.6. The van der Waals surface area contributed by atoms with Gasteiger partial charge in [0, 0.05) is 16.7 Å². The molecule has 0 amide bonds. The van der Waals surface area contributed by atoms with Crippen molar-refractivity contribution in [3.8, 4) is 22.3 Å². The van der Waals surface area contributed by atoms with E-state index in [0.717, 1.165) is 69.8 Å². The molecule has 0 radical (unpaired) electrons. The summed E-state index contributed by atoms with van der Waals surface area (Å²) in [4.78, 5) is 0. The molecular weight excluding hydrogens is 508 g/mol. The van der Waals surface area contributed by atoms with Crippen LogP contribution < -0.4 is 0 Å². The zero-order valence-corrected chi connectivity index (χ0v) is 23.7. The van der Waals surface area contributed by atoms with Gasteiger partial charge in [-0.25, -0.2) is 17.6 Å². The minimum atomic E-state index is -0.887. The van der Waals surface area contributed by atoms with Gasteiger partial charge in [-0.15, -0.1) is 0 Å². The van der Waals surface area contributed by atoms with Crippen LogP contribution in [0.15, 0.2) is 66.8 Å². The van der Waals surface area contributed by atoms with Gasteiger partial charge in [0.1, 0.15) is 0 Å². The van der Waals surface area contributed by atoms with Gasteiger partial charge in [0.2, 0.25) is 0 Å². The van der Waals surface area contributed by atoms with E-state index in [4.69, 9.17) is 0 Å². The molecule has 4 rings (SSSR count). The molecule has 0 saturated carbocycles. The van der Waals surface area contributed by atoms with E-state index in [0.29, 0.717) is 34.6 Å². The lowest BCUT2D eigenvalue weighted by Gasteiger charge is -2.22. The second kappa shape index (κ2) is 14.5. The minimum absolute atomic E-state index is 0.151. The average molecular weight is 549 g/mol. The zero-order chi connectivity index (χ0) is 28.5. The highest BCUT2D eigenvalue weighted by atomic mass is 19.2. The van der Waals surface area contributed by atoms with Gasteiger partial charge in [-0.1, -0.05) is 99.4 Å². The lowest BCUT2D eigenvalue weighted by Crippen LogP contribution is -2.07. The van der Waals surface area contributed by atoms with Crippen LogP contribution in [-0.4, -0.2) is 0 Å². The van der Waals surface area contributed by atoms with E-state index in [9.17, 15) is 8.78 Å². The smallest absolute Gasteiger partial charge is 0.167 e. The van der Waals surface area contributed by atoms with Gasteiger partial charge < -0.3 is 0 Å². The molecule has 0 bridgehead atoms. The van der Waals surface area contributed by atoms with Crippen LogP contribution in [0.25, 0.3) is 27.8 Å². The third kappa shape index (κ3) is 7.13. The van der Waals surface area contributed by atoms with Crippen LogP contribution >= 0.6 is 0 Å². The van der Waals surface area contributed by atoms with Crippen molar-refractivity contribution in [1.29, 1.82) is 0 Å². The predicted octanol–water partition coefficient (Wildman–Crippen LogP) is 11.6. The predicted molar refractivity (Wildman–Crippen MR) is 159 cm³/mol. The summed E-state index contributed by atoms with van der Waals surface area (Å²) in [5.74, 6) is -2.82. The molecule has 0 heterocycles. The fourth-order valence-electron chi connectivity index (χ4n) is 5.67. The number of rotatable bonds is 12. The van der Waals surface area contributed by atoms with Crippen LogP contribution in [0.4, 0.5) is 17.6 Å². The molecular formula is C36H40F4. The van der Waals surface area contributed by atoms with Crippen LogP contribution in [0, 0.1) is 29.2 Å². The molecule has 0 aliphatic heterocycles. The van der Waals surface area contributed by atoms with Crippen molar-refractivity contribution in [3.63, 3.8) is 0 Å². The van der Waals surface area contributed by atoms with Crippen LogP contribution in [0.2, 0.25) is 0 Å². The Hall–Kier alpha value is -3.14. The van der Waals surface area contributed by atoms with Crippen LogP contribution in [0.3, 0.4) is 0 Å². The van der Waals surface area contributed by atoms with Crippen LogP contribution in [-0.2, 0) is 6.42 Å². The van der Waals surface area contributed by atoms with E-state index < -0.39 is 23.3 Å².